The Labute approximate surface area is 141 Å². The van der Waals surface area contributed by atoms with E-state index in [0.29, 0.717) is 17.8 Å². The molecule has 0 saturated heterocycles. The van der Waals surface area contributed by atoms with Crippen molar-refractivity contribution in [2.75, 3.05) is 27.7 Å². The van der Waals surface area contributed by atoms with Crippen molar-refractivity contribution in [2.24, 2.45) is 0 Å². The number of rotatable bonds is 7. The molecule has 0 spiro atoms. The predicted octanol–water partition coefficient (Wildman–Crippen LogP) is 2.26. The van der Waals surface area contributed by atoms with Crippen molar-refractivity contribution < 1.29 is 14.3 Å². The minimum absolute atomic E-state index is 0.0297. The first-order valence-electron chi connectivity index (χ1n) is 7.70. The summed E-state index contributed by atoms with van der Waals surface area (Å²) in [5, 5.41) is 2.91. The Morgan fingerprint density at radius 2 is 1.92 bits per heavy atom. The molecule has 6 nitrogen and oxygen atoms in total. The molecular weight excluding hydrogens is 306 g/mol. The first-order valence-corrected chi connectivity index (χ1v) is 7.70. The summed E-state index contributed by atoms with van der Waals surface area (Å²) in [5.74, 6) is 0.487. The number of hydrogen-bond acceptors (Lipinski definition) is 4. The number of methoxy groups -OCH3 is 1. The van der Waals surface area contributed by atoms with Crippen LogP contribution in [0.2, 0.25) is 0 Å². The van der Waals surface area contributed by atoms with Gasteiger partial charge in [0.25, 0.3) is 5.91 Å². The SMILES string of the molecule is COc1ccc(C(CNC(=O)c2cc(C(C)=O)c[nH]2)N(C)C)cc1. The molecule has 2 N–H and O–H groups in total. The fourth-order valence-corrected chi connectivity index (χ4v) is 2.44. The van der Waals surface area contributed by atoms with Crippen LogP contribution in [0.25, 0.3) is 0 Å². The average Bonchev–Trinajstić information content (AvgIpc) is 3.05. The maximum absolute atomic E-state index is 12.2. The highest BCUT2D eigenvalue weighted by Crippen LogP contribution is 2.20. The zero-order valence-electron chi connectivity index (χ0n) is 14.4. The molecule has 0 aliphatic carbocycles. The zero-order chi connectivity index (χ0) is 17.7. The standard InChI is InChI=1S/C18H23N3O3/c1-12(22)14-9-16(19-10-14)18(23)20-11-17(21(2)3)13-5-7-15(24-4)8-6-13/h5-10,17,19H,11H2,1-4H3,(H,20,23). The first kappa shape index (κ1) is 17.7. The van der Waals surface area contributed by atoms with Gasteiger partial charge in [-0.05, 0) is 44.8 Å². The second-order valence-electron chi connectivity index (χ2n) is 5.82. The van der Waals surface area contributed by atoms with E-state index in [1.807, 2.05) is 43.3 Å². The fraction of sp³-hybridized carbons (Fsp3) is 0.333. The van der Waals surface area contributed by atoms with Gasteiger partial charge in [0, 0.05) is 18.3 Å². The summed E-state index contributed by atoms with van der Waals surface area (Å²) < 4.78 is 5.17. The van der Waals surface area contributed by atoms with Crippen LogP contribution in [0.4, 0.5) is 0 Å². The molecule has 0 aliphatic heterocycles. The molecule has 128 valence electrons. The highest BCUT2D eigenvalue weighted by Gasteiger charge is 2.17. The number of ether oxygens (including phenoxy) is 1. The average molecular weight is 329 g/mol. The monoisotopic (exact) mass is 329 g/mol. The van der Waals surface area contributed by atoms with Crippen molar-refractivity contribution in [3.8, 4) is 5.75 Å². The summed E-state index contributed by atoms with van der Waals surface area (Å²) in [6, 6.07) is 9.36. The van der Waals surface area contributed by atoms with E-state index in [2.05, 4.69) is 10.3 Å². The van der Waals surface area contributed by atoms with Gasteiger partial charge < -0.3 is 19.9 Å². The molecule has 24 heavy (non-hydrogen) atoms. The molecule has 1 atom stereocenters. The molecule has 1 heterocycles. The number of likely N-dealkylation sites (N-methyl/N-ethyl adjacent to an activating group) is 1. The van der Waals surface area contributed by atoms with Crippen molar-refractivity contribution in [3.63, 3.8) is 0 Å². The van der Waals surface area contributed by atoms with Gasteiger partial charge in [-0.15, -0.1) is 0 Å². The van der Waals surface area contributed by atoms with Gasteiger partial charge in [0.1, 0.15) is 11.4 Å². The van der Waals surface area contributed by atoms with Gasteiger partial charge in [-0.3, -0.25) is 9.59 Å². The van der Waals surface area contributed by atoms with Crippen LogP contribution in [0.15, 0.2) is 36.5 Å². The Morgan fingerprint density at radius 1 is 1.25 bits per heavy atom. The van der Waals surface area contributed by atoms with Crippen LogP contribution in [0, 0.1) is 0 Å². The molecule has 6 heteroatoms. The molecule has 2 aromatic rings. The third-order valence-electron chi connectivity index (χ3n) is 3.91. The number of Topliss-reactive ketones (excluding diaryl/α,β-unsaturated/α-hetero) is 1. The van der Waals surface area contributed by atoms with Crippen molar-refractivity contribution in [1.82, 2.24) is 15.2 Å². The molecule has 0 saturated carbocycles. The topological polar surface area (TPSA) is 74.4 Å². The number of aromatic amines is 1. The number of carbonyl (C=O) groups is 2. The lowest BCUT2D eigenvalue weighted by Crippen LogP contribution is -2.34. The number of hydrogen-bond donors (Lipinski definition) is 2. The van der Waals surface area contributed by atoms with E-state index < -0.39 is 0 Å². The Bertz CT molecular complexity index is 705. The maximum Gasteiger partial charge on any atom is 0.267 e. The third-order valence-corrected chi connectivity index (χ3v) is 3.91. The number of H-pyrrole nitrogens is 1. The molecule has 2 rings (SSSR count). The minimum atomic E-state index is -0.233. The molecule has 0 radical (unpaired) electrons. The van der Waals surface area contributed by atoms with Crippen LogP contribution in [0.1, 0.15) is 39.4 Å². The van der Waals surface area contributed by atoms with Crippen LogP contribution in [-0.2, 0) is 0 Å². The van der Waals surface area contributed by atoms with Gasteiger partial charge in [0.05, 0.1) is 13.2 Å². The predicted molar refractivity (Wildman–Crippen MR) is 92.6 cm³/mol. The van der Waals surface area contributed by atoms with E-state index >= 15 is 0 Å². The summed E-state index contributed by atoms with van der Waals surface area (Å²) in [4.78, 5) is 28.4. The lowest BCUT2D eigenvalue weighted by Gasteiger charge is -2.25. The molecule has 1 aromatic carbocycles. The molecule has 0 bridgehead atoms. The quantitative estimate of drug-likeness (QED) is 0.764. The fourth-order valence-electron chi connectivity index (χ4n) is 2.44. The summed E-state index contributed by atoms with van der Waals surface area (Å²) in [5.41, 5.74) is 1.96. The Kier molecular flexibility index (Phi) is 5.76. The Balaban J connectivity index is 2.04. The number of carbonyl (C=O) groups excluding carboxylic acids is 2. The molecule has 1 amide bonds. The van der Waals surface area contributed by atoms with Gasteiger partial charge in [-0.25, -0.2) is 0 Å². The van der Waals surface area contributed by atoms with E-state index in [1.54, 1.807) is 19.4 Å². The highest BCUT2D eigenvalue weighted by atomic mass is 16.5. The number of amides is 1. The zero-order valence-corrected chi connectivity index (χ0v) is 14.4. The van der Waals surface area contributed by atoms with Crippen molar-refractivity contribution in [2.45, 2.75) is 13.0 Å². The molecule has 1 unspecified atom stereocenters. The minimum Gasteiger partial charge on any atom is -0.497 e. The summed E-state index contributed by atoms with van der Waals surface area (Å²) >= 11 is 0. The summed E-state index contributed by atoms with van der Waals surface area (Å²) in [7, 11) is 5.55. The van der Waals surface area contributed by atoms with Crippen LogP contribution >= 0.6 is 0 Å². The number of benzene rings is 1. The molecule has 0 aliphatic rings. The smallest absolute Gasteiger partial charge is 0.267 e. The Hall–Kier alpha value is -2.60. The molecule has 0 fully saturated rings. The normalized spacial score (nSPS) is 12.0. The van der Waals surface area contributed by atoms with E-state index in [4.69, 9.17) is 4.74 Å². The van der Waals surface area contributed by atoms with E-state index in [9.17, 15) is 9.59 Å². The number of nitrogens with one attached hydrogen (secondary N) is 2. The van der Waals surface area contributed by atoms with Gasteiger partial charge in [0.15, 0.2) is 5.78 Å². The van der Waals surface area contributed by atoms with Gasteiger partial charge in [0.2, 0.25) is 0 Å². The highest BCUT2D eigenvalue weighted by molar-refractivity contribution is 5.99. The van der Waals surface area contributed by atoms with E-state index in [-0.39, 0.29) is 17.7 Å². The first-order chi connectivity index (χ1) is 11.4. The summed E-state index contributed by atoms with van der Waals surface area (Å²) in [6.07, 6.45) is 1.55. The lowest BCUT2D eigenvalue weighted by atomic mass is 10.1. The Morgan fingerprint density at radius 3 is 2.42 bits per heavy atom. The second kappa shape index (κ2) is 7.79. The second-order valence-corrected chi connectivity index (χ2v) is 5.82. The van der Waals surface area contributed by atoms with Crippen molar-refractivity contribution >= 4 is 11.7 Å². The third kappa shape index (κ3) is 4.23. The number of aromatic nitrogens is 1. The molecular formula is C18H23N3O3. The van der Waals surface area contributed by atoms with Gasteiger partial charge >= 0.3 is 0 Å². The largest absolute Gasteiger partial charge is 0.497 e. The lowest BCUT2D eigenvalue weighted by molar-refractivity contribution is 0.0937. The van der Waals surface area contributed by atoms with Crippen LogP contribution in [-0.4, -0.2) is 49.3 Å². The van der Waals surface area contributed by atoms with E-state index in [1.165, 1.54) is 6.92 Å². The van der Waals surface area contributed by atoms with Crippen molar-refractivity contribution in [3.05, 3.63) is 53.3 Å². The van der Waals surface area contributed by atoms with Crippen LogP contribution in [0.3, 0.4) is 0 Å². The maximum atomic E-state index is 12.2. The molecule has 1 aromatic heterocycles. The van der Waals surface area contributed by atoms with Crippen LogP contribution in [0.5, 0.6) is 5.75 Å². The van der Waals surface area contributed by atoms with Gasteiger partial charge in [-0.2, -0.15) is 0 Å². The van der Waals surface area contributed by atoms with Crippen molar-refractivity contribution in [1.29, 1.82) is 0 Å². The van der Waals surface area contributed by atoms with Crippen LogP contribution < -0.4 is 10.1 Å². The van der Waals surface area contributed by atoms with E-state index in [0.717, 1.165) is 11.3 Å². The van der Waals surface area contributed by atoms with Gasteiger partial charge in [-0.1, -0.05) is 12.1 Å². The summed E-state index contributed by atoms with van der Waals surface area (Å²) in [6.45, 7) is 1.92. The number of nitrogens with zero attached hydrogens (tertiary/aromatic N) is 1. The number of ketones is 1.